The molecule has 1 unspecified atom stereocenters. The molecule has 2 heterocycles. The molecule has 148 valence electrons. The van der Waals surface area contributed by atoms with Gasteiger partial charge in [0.25, 0.3) is 0 Å². The molecule has 3 aromatic rings. The van der Waals surface area contributed by atoms with Crippen LogP contribution in [0.25, 0.3) is 0 Å². The topological polar surface area (TPSA) is 33.2 Å². The van der Waals surface area contributed by atoms with Crippen molar-refractivity contribution < 1.29 is 9.18 Å². The second kappa shape index (κ2) is 8.99. The molecule has 29 heavy (non-hydrogen) atoms. The molecule has 1 aromatic heterocycles. The molecule has 0 bridgehead atoms. The summed E-state index contributed by atoms with van der Waals surface area (Å²) in [5, 5.41) is 0. The highest BCUT2D eigenvalue weighted by Gasteiger charge is 2.30. The summed E-state index contributed by atoms with van der Waals surface area (Å²) in [6.45, 7) is 0.786. The lowest BCUT2D eigenvalue weighted by atomic mass is 10.1. The Morgan fingerprint density at radius 2 is 1.79 bits per heavy atom. The highest BCUT2D eigenvalue weighted by Crippen LogP contribution is 2.31. The SMILES string of the molecule is O=C(CCc1ccccc1)N1CCCC1c1cccc(Cc2cccc(F)c2)n1. The number of aryl methyl sites for hydroxylation is 1. The van der Waals surface area contributed by atoms with E-state index in [1.54, 1.807) is 12.1 Å². The van der Waals surface area contributed by atoms with Crippen molar-refractivity contribution in [1.82, 2.24) is 9.88 Å². The van der Waals surface area contributed by atoms with Gasteiger partial charge in [0.1, 0.15) is 5.82 Å². The van der Waals surface area contributed by atoms with Gasteiger partial charge in [-0.25, -0.2) is 4.39 Å². The van der Waals surface area contributed by atoms with E-state index in [-0.39, 0.29) is 17.8 Å². The second-order valence-corrected chi connectivity index (χ2v) is 7.59. The Morgan fingerprint density at radius 1 is 1.00 bits per heavy atom. The van der Waals surface area contributed by atoms with Crippen LogP contribution < -0.4 is 0 Å². The zero-order valence-electron chi connectivity index (χ0n) is 16.4. The molecule has 4 rings (SSSR count). The summed E-state index contributed by atoms with van der Waals surface area (Å²) in [7, 11) is 0. The van der Waals surface area contributed by atoms with E-state index in [4.69, 9.17) is 4.98 Å². The summed E-state index contributed by atoms with van der Waals surface area (Å²) in [6.07, 6.45) is 3.80. The standard InChI is InChI=1S/C25H25FN2O/c26-21-10-4-9-20(17-21)18-22-11-5-12-23(27-22)24-13-6-16-28(24)25(29)15-14-19-7-2-1-3-8-19/h1-5,7-12,17,24H,6,13-16,18H2. The molecule has 1 fully saturated rings. The Hall–Kier alpha value is -3.01. The third-order valence-electron chi connectivity index (χ3n) is 5.49. The molecule has 1 amide bonds. The van der Waals surface area contributed by atoms with Crippen LogP contribution in [-0.4, -0.2) is 22.3 Å². The number of hydrogen-bond donors (Lipinski definition) is 0. The summed E-state index contributed by atoms with van der Waals surface area (Å²) in [6, 6.07) is 22.7. The van der Waals surface area contributed by atoms with Crippen molar-refractivity contribution >= 4 is 5.91 Å². The van der Waals surface area contributed by atoms with Gasteiger partial charge in [-0.15, -0.1) is 0 Å². The number of rotatable bonds is 6. The maximum Gasteiger partial charge on any atom is 0.223 e. The number of amides is 1. The van der Waals surface area contributed by atoms with Gasteiger partial charge in [-0.05, 0) is 54.7 Å². The number of aromatic nitrogens is 1. The Bertz CT molecular complexity index is 973. The van der Waals surface area contributed by atoms with Crippen LogP contribution in [0.15, 0.2) is 72.8 Å². The smallest absolute Gasteiger partial charge is 0.223 e. The minimum Gasteiger partial charge on any atom is -0.334 e. The van der Waals surface area contributed by atoms with E-state index >= 15 is 0 Å². The predicted molar refractivity (Wildman–Crippen MR) is 112 cm³/mol. The van der Waals surface area contributed by atoms with Gasteiger partial charge < -0.3 is 4.90 Å². The average Bonchev–Trinajstić information content (AvgIpc) is 3.23. The second-order valence-electron chi connectivity index (χ2n) is 7.59. The maximum atomic E-state index is 13.5. The lowest BCUT2D eigenvalue weighted by Crippen LogP contribution is -2.31. The quantitative estimate of drug-likeness (QED) is 0.588. The van der Waals surface area contributed by atoms with Crippen LogP contribution in [-0.2, 0) is 17.6 Å². The van der Waals surface area contributed by atoms with Crippen molar-refractivity contribution in [2.75, 3.05) is 6.54 Å². The van der Waals surface area contributed by atoms with Crippen LogP contribution in [0, 0.1) is 5.82 Å². The van der Waals surface area contributed by atoms with Crippen LogP contribution in [0.4, 0.5) is 4.39 Å². The van der Waals surface area contributed by atoms with Crippen molar-refractivity contribution in [1.29, 1.82) is 0 Å². The number of carbonyl (C=O) groups is 1. The fourth-order valence-electron chi connectivity index (χ4n) is 4.05. The summed E-state index contributed by atoms with van der Waals surface area (Å²) < 4.78 is 13.5. The molecule has 4 heteroatoms. The Balaban J connectivity index is 1.44. The van der Waals surface area contributed by atoms with E-state index in [1.165, 1.54) is 11.6 Å². The fraction of sp³-hybridized carbons (Fsp3) is 0.280. The summed E-state index contributed by atoms with van der Waals surface area (Å²) in [5.41, 5.74) is 3.92. The van der Waals surface area contributed by atoms with Crippen molar-refractivity contribution in [3.63, 3.8) is 0 Å². The van der Waals surface area contributed by atoms with E-state index in [0.29, 0.717) is 12.8 Å². The molecule has 2 aromatic carbocycles. The van der Waals surface area contributed by atoms with E-state index in [9.17, 15) is 9.18 Å². The van der Waals surface area contributed by atoms with Crippen LogP contribution >= 0.6 is 0 Å². The Morgan fingerprint density at radius 3 is 2.62 bits per heavy atom. The highest BCUT2D eigenvalue weighted by molar-refractivity contribution is 5.77. The third kappa shape index (κ3) is 4.89. The number of carbonyl (C=O) groups excluding carboxylic acids is 1. The van der Waals surface area contributed by atoms with Crippen molar-refractivity contribution in [3.05, 3.63) is 101 Å². The van der Waals surface area contributed by atoms with Crippen LogP contribution in [0.3, 0.4) is 0 Å². The number of hydrogen-bond acceptors (Lipinski definition) is 2. The number of pyridine rings is 1. The lowest BCUT2D eigenvalue weighted by Gasteiger charge is -2.25. The first-order valence-electron chi connectivity index (χ1n) is 10.2. The van der Waals surface area contributed by atoms with Crippen molar-refractivity contribution in [3.8, 4) is 0 Å². The van der Waals surface area contributed by atoms with Gasteiger partial charge in [-0.3, -0.25) is 9.78 Å². The lowest BCUT2D eigenvalue weighted by molar-refractivity contribution is -0.132. The van der Waals surface area contributed by atoms with Gasteiger partial charge in [0.15, 0.2) is 0 Å². The Labute approximate surface area is 171 Å². The zero-order valence-corrected chi connectivity index (χ0v) is 16.4. The predicted octanol–water partition coefficient (Wildman–Crippen LogP) is 5.11. The zero-order chi connectivity index (χ0) is 20.1. The molecule has 1 aliphatic rings. The fourth-order valence-corrected chi connectivity index (χ4v) is 4.05. The molecular formula is C25H25FN2O. The number of nitrogens with zero attached hydrogens (tertiary/aromatic N) is 2. The minimum absolute atomic E-state index is 0.0331. The first-order valence-corrected chi connectivity index (χ1v) is 10.2. The van der Waals surface area contributed by atoms with Gasteiger partial charge in [0.2, 0.25) is 5.91 Å². The molecular weight excluding hydrogens is 363 g/mol. The van der Waals surface area contributed by atoms with Gasteiger partial charge in [0.05, 0.1) is 11.7 Å². The summed E-state index contributed by atoms with van der Waals surface area (Å²) in [4.78, 5) is 19.7. The monoisotopic (exact) mass is 388 g/mol. The molecule has 0 spiro atoms. The largest absolute Gasteiger partial charge is 0.334 e. The van der Waals surface area contributed by atoms with Crippen LogP contribution in [0.2, 0.25) is 0 Å². The molecule has 0 radical (unpaired) electrons. The summed E-state index contributed by atoms with van der Waals surface area (Å²) in [5.74, 6) is -0.0432. The molecule has 0 N–H and O–H groups in total. The van der Waals surface area contributed by atoms with E-state index < -0.39 is 0 Å². The molecule has 1 atom stereocenters. The molecule has 0 saturated carbocycles. The number of likely N-dealkylation sites (tertiary alicyclic amines) is 1. The van der Waals surface area contributed by atoms with E-state index in [1.807, 2.05) is 47.4 Å². The Kier molecular flexibility index (Phi) is 5.99. The molecule has 1 aliphatic heterocycles. The van der Waals surface area contributed by atoms with E-state index in [0.717, 1.165) is 42.8 Å². The van der Waals surface area contributed by atoms with Gasteiger partial charge in [-0.1, -0.05) is 48.5 Å². The first kappa shape index (κ1) is 19.3. The molecule has 0 aliphatic carbocycles. The average molecular weight is 388 g/mol. The van der Waals surface area contributed by atoms with Crippen molar-refractivity contribution in [2.45, 2.75) is 38.1 Å². The third-order valence-corrected chi connectivity index (χ3v) is 5.49. The van der Waals surface area contributed by atoms with Gasteiger partial charge in [0, 0.05) is 25.1 Å². The van der Waals surface area contributed by atoms with Crippen molar-refractivity contribution in [2.24, 2.45) is 0 Å². The minimum atomic E-state index is -0.232. The van der Waals surface area contributed by atoms with Gasteiger partial charge >= 0.3 is 0 Å². The highest BCUT2D eigenvalue weighted by atomic mass is 19.1. The number of halogens is 1. The number of benzene rings is 2. The maximum absolute atomic E-state index is 13.5. The molecule has 3 nitrogen and oxygen atoms in total. The van der Waals surface area contributed by atoms with Gasteiger partial charge in [-0.2, -0.15) is 0 Å². The first-order chi connectivity index (χ1) is 14.2. The van der Waals surface area contributed by atoms with E-state index in [2.05, 4.69) is 12.1 Å². The van der Waals surface area contributed by atoms with Crippen LogP contribution in [0.1, 0.15) is 47.8 Å². The van der Waals surface area contributed by atoms with Crippen LogP contribution in [0.5, 0.6) is 0 Å². The normalized spacial score (nSPS) is 16.2. The molecule has 1 saturated heterocycles. The summed E-state index contributed by atoms with van der Waals surface area (Å²) >= 11 is 0.